The summed E-state index contributed by atoms with van der Waals surface area (Å²) in [5.74, 6) is -0.151. The van der Waals surface area contributed by atoms with Crippen LogP contribution in [0.4, 0.5) is 4.39 Å². The van der Waals surface area contributed by atoms with Gasteiger partial charge in [-0.1, -0.05) is 25.0 Å². The Morgan fingerprint density at radius 3 is 2.64 bits per heavy atom. The first kappa shape index (κ1) is 9.66. The zero-order chi connectivity index (χ0) is 9.80. The first-order valence-electron chi connectivity index (χ1n) is 5.35. The van der Waals surface area contributed by atoms with Crippen LogP contribution in [-0.4, -0.2) is 6.54 Å². The molecule has 0 aliphatic carbocycles. The fraction of sp³-hybridized carbons (Fsp3) is 0.500. The van der Waals surface area contributed by atoms with E-state index in [1.54, 1.807) is 12.1 Å². The van der Waals surface area contributed by atoms with Crippen LogP contribution in [0.3, 0.4) is 0 Å². The van der Waals surface area contributed by atoms with Crippen molar-refractivity contribution in [1.29, 1.82) is 0 Å². The highest BCUT2D eigenvalue weighted by molar-refractivity contribution is 5.20. The van der Waals surface area contributed by atoms with Gasteiger partial charge in [0.25, 0.3) is 0 Å². The van der Waals surface area contributed by atoms with E-state index in [2.05, 4.69) is 5.32 Å². The second-order valence-corrected chi connectivity index (χ2v) is 3.91. The average Bonchev–Trinajstić information content (AvgIpc) is 2.47. The molecule has 1 aromatic carbocycles. The number of halogens is 1. The zero-order valence-corrected chi connectivity index (χ0v) is 8.30. The first-order chi connectivity index (χ1) is 6.86. The molecule has 1 N–H and O–H groups in total. The zero-order valence-electron chi connectivity index (χ0n) is 8.30. The predicted molar refractivity (Wildman–Crippen MR) is 55.6 cm³/mol. The van der Waals surface area contributed by atoms with Crippen LogP contribution in [0.5, 0.6) is 0 Å². The van der Waals surface area contributed by atoms with Crippen molar-refractivity contribution < 1.29 is 4.39 Å². The van der Waals surface area contributed by atoms with Gasteiger partial charge < -0.3 is 5.32 Å². The molecule has 0 amide bonds. The molecule has 1 saturated heterocycles. The van der Waals surface area contributed by atoms with Crippen molar-refractivity contribution in [2.75, 3.05) is 6.54 Å². The normalized spacial score (nSPS) is 23.1. The third-order valence-electron chi connectivity index (χ3n) is 2.83. The third-order valence-corrected chi connectivity index (χ3v) is 2.83. The van der Waals surface area contributed by atoms with Crippen molar-refractivity contribution in [2.24, 2.45) is 0 Å². The summed E-state index contributed by atoms with van der Waals surface area (Å²) in [5.41, 5.74) is 1.22. The summed E-state index contributed by atoms with van der Waals surface area (Å²) >= 11 is 0. The lowest BCUT2D eigenvalue weighted by Crippen LogP contribution is -2.20. The smallest absolute Gasteiger partial charge is 0.123 e. The van der Waals surface area contributed by atoms with E-state index in [4.69, 9.17) is 0 Å². The Balaban J connectivity index is 2.08. The van der Waals surface area contributed by atoms with Gasteiger partial charge in [-0.15, -0.1) is 0 Å². The fourth-order valence-corrected chi connectivity index (χ4v) is 2.01. The summed E-state index contributed by atoms with van der Waals surface area (Å²) < 4.78 is 12.7. The van der Waals surface area contributed by atoms with Gasteiger partial charge in [-0.2, -0.15) is 0 Å². The Kier molecular flexibility index (Phi) is 3.14. The summed E-state index contributed by atoms with van der Waals surface area (Å²) in [6, 6.07) is 7.29. The van der Waals surface area contributed by atoms with E-state index in [1.165, 1.54) is 31.2 Å². The van der Waals surface area contributed by atoms with E-state index in [-0.39, 0.29) is 5.82 Å². The highest BCUT2D eigenvalue weighted by Gasteiger charge is 2.12. The molecule has 0 bridgehead atoms. The van der Waals surface area contributed by atoms with Gasteiger partial charge >= 0.3 is 0 Å². The maximum Gasteiger partial charge on any atom is 0.123 e. The molecule has 1 aliphatic heterocycles. The van der Waals surface area contributed by atoms with Gasteiger partial charge in [0.15, 0.2) is 0 Å². The maximum absolute atomic E-state index is 12.7. The molecule has 0 unspecified atom stereocenters. The molecule has 0 aromatic heterocycles. The summed E-state index contributed by atoms with van der Waals surface area (Å²) in [6.07, 6.45) is 5.02. The third kappa shape index (κ3) is 2.32. The van der Waals surface area contributed by atoms with Gasteiger partial charge in [-0.3, -0.25) is 0 Å². The van der Waals surface area contributed by atoms with Gasteiger partial charge in [0.05, 0.1) is 0 Å². The molecule has 1 nitrogen and oxygen atoms in total. The topological polar surface area (TPSA) is 12.0 Å². The van der Waals surface area contributed by atoms with Crippen molar-refractivity contribution in [2.45, 2.75) is 31.7 Å². The molecular weight excluding hydrogens is 177 g/mol. The van der Waals surface area contributed by atoms with Crippen LogP contribution in [0, 0.1) is 5.82 Å². The van der Waals surface area contributed by atoms with Crippen LogP contribution in [0.25, 0.3) is 0 Å². The van der Waals surface area contributed by atoms with Crippen molar-refractivity contribution in [3.05, 3.63) is 35.6 Å². The van der Waals surface area contributed by atoms with Crippen LogP contribution in [0.2, 0.25) is 0 Å². The molecule has 0 radical (unpaired) electrons. The van der Waals surface area contributed by atoms with E-state index in [9.17, 15) is 4.39 Å². The Labute approximate surface area is 84.3 Å². The average molecular weight is 193 g/mol. The van der Waals surface area contributed by atoms with Crippen LogP contribution < -0.4 is 5.32 Å². The monoisotopic (exact) mass is 193 g/mol. The summed E-state index contributed by atoms with van der Waals surface area (Å²) in [6.45, 7) is 1.09. The molecule has 0 spiro atoms. The van der Waals surface area contributed by atoms with E-state index in [1.807, 2.05) is 12.1 Å². The molecule has 1 aromatic rings. The van der Waals surface area contributed by atoms with Crippen molar-refractivity contribution >= 4 is 0 Å². The minimum atomic E-state index is -0.151. The number of nitrogens with one attached hydrogen (secondary N) is 1. The number of benzene rings is 1. The molecular formula is C12H16FN. The van der Waals surface area contributed by atoms with Crippen molar-refractivity contribution in [3.8, 4) is 0 Å². The van der Waals surface area contributed by atoms with Crippen LogP contribution >= 0.6 is 0 Å². The minimum Gasteiger partial charge on any atom is -0.310 e. The predicted octanol–water partition coefficient (Wildman–Crippen LogP) is 3.03. The van der Waals surface area contributed by atoms with Gasteiger partial charge in [0, 0.05) is 6.04 Å². The van der Waals surface area contributed by atoms with Crippen LogP contribution in [0.15, 0.2) is 24.3 Å². The molecule has 1 atom stereocenters. The maximum atomic E-state index is 12.7. The molecule has 0 saturated carbocycles. The lowest BCUT2D eigenvalue weighted by Gasteiger charge is -2.15. The standard InChI is InChI=1S/C12H16FN/c13-11-7-5-10(6-8-11)12-4-2-1-3-9-14-12/h5-8,12,14H,1-4,9H2/t12-/m0/s1. The number of hydrogen-bond donors (Lipinski definition) is 1. The Morgan fingerprint density at radius 2 is 1.86 bits per heavy atom. The van der Waals surface area contributed by atoms with Crippen LogP contribution in [0.1, 0.15) is 37.3 Å². The summed E-state index contributed by atoms with van der Waals surface area (Å²) in [5, 5.41) is 3.49. The van der Waals surface area contributed by atoms with Crippen LogP contribution in [-0.2, 0) is 0 Å². The Morgan fingerprint density at radius 1 is 1.07 bits per heavy atom. The van der Waals surface area contributed by atoms with Gasteiger partial charge in [-0.25, -0.2) is 4.39 Å². The van der Waals surface area contributed by atoms with Gasteiger partial charge in [-0.05, 0) is 37.1 Å². The fourth-order valence-electron chi connectivity index (χ4n) is 2.01. The SMILES string of the molecule is Fc1ccc([C@@H]2CCCCCN2)cc1. The second kappa shape index (κ2) is 4.56. The van der Waals surface area contributed by atoms with Crippen molar-refractivity contribution in [3.63, 3.8) is 0 Å². The molecule has 1 heterocycles. The summed E-state index contributed by atoms with van der Waals surface area (Å²) in [4.78, 5) is 0. The largest absolute Gasteiger partial charge is 0.310 e. The van der Waals surface area contributed by atoms with Crippen molar-refractivity contribution in [1.82, 2.24) is 5.32 Å². The molecule has 2 heteroatoms. The molecule has 76 valence electrons. The number of hydrogen-bond acceptors (Lipinski definition) is 1. The quantitative estimate of drug-likeness (QED) is 0.723. The van der Waals surface area contributed by atoms with Gasteiger partial charge in [0.2, 0.25) is 0 Å². The first-order valence-corrected chi connectivity index (χ1v) is 5.35. The van der Waals surface area contributed by atoms with E-state index >= 15 is 0 Å². The lowest BCUT2D eigenvalue weighted by atomic mass is 10.0. The highest BCUT2D eigenvalue weighted by atomic mass is 19.1. The van der Waals surface area contributed by atoms with Gasteiger partial charge in [0.1, 0.15) is 5.82 Å². The lowest BCUT2D eigenvalue weighted by molar-refractivity contribution is 0.533. The highest BCUT2D eigenvalue weighted by Crippen LogP contribution is 2.22. The molecule has 14 heavy (non-hydrogen) atoms. The number of rotatable bonds is 1. The molecule has 2 rings (SSSR count). The van der Waals surface area contributed by atoms with E-state index < -0.39 is 0 Å². The Hall–Kier alpha value is -0.890. The summed E-state index contributed by atoms with van der Waals surface area (Å²) in [7, 11) is 0. The second-order valence-electron chi connectivity index (χ2n) is 3.91. The molecule has 1 fully saturated rings. The molecule has 1 aliphatic rings. The van der Waals surface area contributed by atoms with E-state index in [0.717, 1.165) is 6.54 Å². The minimum absolute atomic E-state index is 0.151. The van der Waals surface area contributed by atoms with E-state index in [0.29, 0.717) is 6.04 Å². The Bertz CT molecular complexity index is 273.